The first kappa shape index (κ1) is 11.4. The molecule has 3 rings (SSSR count). The summed E-state index contributed by atoms with van der Waals surface area (Å²) in [5.74, 6) is 0.715. The lowest BCUT2D eigenvalue weighted by Gasteiger charge is -2.04. The SMILES string of the molecule is N#Cc1oc2ccccc2c1OCCn1cccn1. The van der Waals surface area contributed by atoms with Crippen molar-refractivity contribution in [2.75, 3.05) is 6.61 Å². The maximum atomic E-state index is 9.06. The molecule has 0 radical (unpaired) electrons. The number of para-hydroxylation sites is 1. The third-order valence-corrected chi connectivity index (χ3v) is 2.78. The first-order valence-electron chi connectivity index (χ1n) is 5.90. The van der Waals surface area contributed by atoms with E-state index in [1.165, 1.54) is 0 Å². The third kappa shape index (κ3) is 2.16. The Morgan fingerprint density at radius 3 is 3.00 bits per heavy atom. The molecule has 0 aliphatic rings. The summed E-state index contributed by atoms with van der Waals surface area (Å²) in [6, 6.07) is 11.3. The lowest BCUT2D eigenvalue weighted by Crippen LogP contribution is -2.08. The average molecular weight is 253 g/mol. The van der Waals surface area contributed by atoms with Crippen LogP contribution < -0.4 is 4.74 Å². The monoisotopic (exact) mass is 253 g/mol. The van der Waals surface area contributed by atoms with Gasteiger partial charge in [0.1, 0.15) is 18.3 Å². The highest BCUT2D eigenvalue weighted by Crippen LogP contribution is 2.32. The fraction of sp³-hybridized carbons (Fsp3) is 0.143. The first-order valence-corrected chi connectivity index (χ1v) is 5.90. The number of aromatic nitrogens is 2. The predicted molar refractivity (Wildman–Crippen MR) is 68.7 cm³/mol. The first-order chi connectivity index (χ1) is 9.38. The number of fused-ring (bicyclic) bond motifs is 1. The zero-order chi connectivity index (χ0) is 13.1. The summed E-state index contributed by atoms with van der Waals surface area (Å²) >= 11 is 0. The van der Waals surface area contributed by atoms with E-state index in [2.05, 4.69) is 5.10 Å². The molecule has 94 valence electrons. The number of nitrogens with zero attached hydrogens (tertiary/aromatic N) is 3. The second kappa shape index (κ2) is 4.86. The molecule has 0 atom stereocenters. The van der Waals surface area contributed by atoms with E-state index in [1.807, 2.05) is 42.6 Å². The van der Waals surface area contributed by atoms with Crippen molar-refractivity contribution < 1.29 is 9.15 Å². The smallest absolute Gasteiger partial charge is 0.246 e. The maximum absolute atomic E-state index is 9.06. The number of rotatable bonds is 4. The van der Waals surface area contributed by atoms with Crippen LogP contribution in [0.4, 0.5) is 0 Å². The number of ether oxygens (including phenoxy) is 1. The summed E-state index contributed by atoms with van der Waals surface area (Å²) in [5.41, 5.74) is 0.660. The Balaban J connectivity index is 1.82. The molecular weight excluding hydrogens is 242 g/mol. The summed E-state index contributed by atoms with van der Waals surface area (Å²) in [5, 5.41) is 14.0. The summed E-state index contributed by atoms with van der Waals surface area (Å²) < 4.78 is 12.9. The van der Waals surface area contributed by atoms with Gasteiger partial charge in [-0.1, -0.05) is 12.1 Å². The highest BCUT2D eigenvalue weighted by molar-refractivity contribution is 5.86. The minimum absolute atomic E-state index is 0.210. The van der Waals surface area contributed by atoms with E-state index in [1.54, 1.807) is 10.9 Å². The molecule has 0 fully saturated rings. The van der Waals surface area contributed by atoms with Gasteiger partial charge in [0.25, 0.3) is 0 Å². The second-order valence-corrected chi connectivity index (χ2v) is 3.99. The van der Waals surface area contributed by atoms with Crippen LogP contribution in [-0.4, -0.2) is 16.4 Å². The van der Waals surface area contributed by atoms with Gasteiger partial charge in [0.2, 0.25) is 5.76 Å². The van der Waals surface area contributed by atoms with Crippen LogP contribution in [0.2, 0.25) is 0 Å². The van der Waals surface area contributed by atoms with Gasteiger partial charge in [-0.3, -0.25) is 4.68 Å². The van der Waals surface area contributed by atoms with E-state index < -0.39 is 0 Å². The Kier molecular flexibility index (Phi) is 2.91. The molecule has 0 saturated carbocycles. The molecule has 1 aromatic carbocycles. The lowest BCUT2D eigenvalue weighted by atomic mass is 10.2. The predicted octanol–water partition coefficient (Wildman–Crippen LogP) is 2.58. The molecule has 0 amide bonds. The van der Waals surface area contributed by atoms with E-state index in [0.717, 1.165) is 5.39 Å². The Morgan fingerprint density at radius 1 is 1.32 bits per heavy atom. The van der Waals surface area contributed by atoms with Gasteiger partial charge in [0.15, 0.2) is 5.75 Å². The topological polar surface area (TPSA) is 64.0 Å². The van der Waals surface area contributed by atoms with Crippen LogP contribution in [-0.2, 0) is 6.54 Å². The fourth-order valence-electron chi connectivity index (χ4n) is 1.91. The molecule has 19 heavy (non-hydrogen) atoms. The van der Waals surface area contributed by atoms with Gasteiger partial charge in [-0.15, -0.1) is 0 Å². The number of nitriles is 1. The summed E-state index contributed by atoms with van der Waals surface area (Å²) in [7, 11) is 0. The van der Waals surface area contributed by atoms with Gasteiger partial charge >= 0.3 is 0 Å². The van der Waals surface area contributed by atoms with Crippen molar-refractivity contribution >= 4 is 11.0 Å². The van der Waals surface area contributed by atoms with Gasteiger partial charge in [0, 0.05) is 12.4 Å². The van der Waals surface area contributed by atoms with Crippen LogP contribution in [0.15, 0.2) is 47.1 Å². The van der Waals surface area contributed by atoms with E-state index in [-0.39, 0.29) is 5.76 Å². The van der Waals surface area contributed by atoms with E-state index in [0.29, 0.717) is 24.5 Å². The quantitative estimate of drug-likeness (QED) is 0.716. The zero-order valence-electron chi connectivity index (χ0n) is 10.1. The molecule has 0 N–H and O–H groups in total. The van der Waals surface area contributed by atoms with E-state index in [4.69, 9.17) is 14.4 Å². The highest BCUT2D eigenvalue weighted by atomic mass is 16.5. The number of furan rings is 1. The molecule has 0 bridgehead atoms. The number of hydrogen-bond acceptors (Lipinski definition) is 4. The minimum Gasteiger partial charge on any atom is -0.486 e. The molecule has 5 nitrogen and oxygen atoms in total. The fourth-order valence-corrected chi connectivity index (χ4v) is 1.91. The normalized spacial score (nSPS) is 10.5. The largest absolute Gasteiger partial charge is 0.486 e. The lowest BCUT2D eigenvalue weighted by molar-refractivity contribution is 0.289. The van der Waals surface area contributed by atoms with Crippen LogP contribution in [0.5, 0.6) is 5.75 Å². The van der Waals surface area contributed by atoms with Crippen LogP contribution >= 0.6 is 0 Å². The molecule has 0 aliphatic carbocycles. The van der Waals surface area contributed by atoms with Crippen LogP contribution in [0.3, 0.4) is 0 Å². The number of benzene rings is 1. The molecule has 0 aliphatic heterocycles. The van der Waals surface area contributed by atoms with Crippen molar-refractivity contribution in [2.45, 2.75) is 6.54 Å². The standard InChI is InChI=1S/C14H11N3O2/c15-10-13-14(11-4-1-2-5-12(11)19-13)18-9-8-17-7-3-6-16-17/h1-7H,8-9H2. The Morgan fingerprint density at radius 2 is 2.21 bits per heavy atom. The number of hydrogen-bond donors (Lipinski definition) is 0. The van der Waals surface area contributed by atoms with E-state index >= 15 is 0 Å². The average Bonchev–Trinajstić information content (AvgIpc) is 3.06. The van der Waals surface area contributed by atoms with Crippen molar-refractivity contribution in [3.8, 4) is 11.8 Å². The van der Waals surface area contributed by atoms with Gasteiger partial charge < -0.3 is 9.15 Å². The van der Waals surface area contributed by atoms with Crippen LogP contribution in [0.1, 0.15) is 5.76 Å². The van der Waals surface area contributed by atoms with Crippen molar-refractivity contribution in [3.05, 3.63) is 48.5 Å². The summed E-state index contributed by atoms with van der Waals surface area (Å²) in [6.45, 7) is 1.05. The van der Waals surface area contributed by atoms with Crippen molar-refractivity contribution in [1.29, 1.82) is 5.26 Å². The van der Waals surface area contributed by atoms with Crippen molar-refractivity contribution in [1.82, 2.24) is 9.78 Å². The third-order valence-electron chi connectivity index (χ3n) is 2.78. The summed E-state index contributed by atoms with van der Waals surface area (Å²) in [4.78, 5) is 0. The van der Waals surface area contributed by atoms with Gasteiger partial charge in [-0.05, 0) is 18.2 Å². The van der Waals surface area contributed by atoms with Gasteiger partial charge in [-0.2, -0.15) is 10.4 Å². The molecular formula is C14H11N3O2. The molecule has 0 spiro atoms. The van der Waals surface area contributed by atoms with Crippen LogP contribution in [0, 0.1) is 11.3 Å². The highest BCUT2D eigenvalue weighted by Gasteiger charge is 2.14. The van der Waals surface area contributed by atoms with Crippen molar-refractivity contribution in [2.24, 2.45) is 0 Å². The molecule has 0 saturated heterocycles. The second-order valence-electron chi connectivity index (χ2n) is 3.99. The minimum atomic E-state index is 0.210. The molecule has 2 heterocycles. The molecule has 2 aromatic heterocycles. The molecule has 5 heteroatoms. The van der Waals surface area contributed by atoms with E-state index in [9.17, 15) is 0 Å². The van der Waals surface area contributed by atoms with Crippen LogP contribution in [0.25, 0.3) is 11.0 Å². The van der Waals surface area contributed by atoms with Crippen molar-refractivity contribution in [3.63, 3.8) is 0 Å². The van der Waals surface area contributed by atoms with Gasteiger partial charge in [0.05, 0.1) is 11.9 Å². The Bertz CT molecular complexity index is 723. The molecule has 0 unspecified atom stereocenters. The zero-order valence-corrected chi connectivity index (χ0v) is 10.1. The molecule has 3 aromatic rings. The Hall–Kier alpha value is -2.74. The maximum Gasteiger partial charge on any atom is 0.246 e. The Labute approximate surface area is 109 Å². The van der Waals surface area contributed by atoms with Gasteiger partial charge in [-0.25, -0.2) is 0 Å². The summed E-state index contributed by atoms with van der Waals surface area (Å²) in [6.07, 6.45) is 3.58.